The smallest absolute Gasteiger partial charge is 0.0660 e. The van der Waals surface area contributed by atoms with Gasteiger partial charge in [-0.05, 0) is 6.92 Å². The molecule has 1 heterocycles. The van der Waals surface area contributed by atoms with Crippen LogP contribution in [0.3, 0.4) is 0 Å². The summed E-state index contributed by atoms with van der Waals surface area (Å²) < 4.78 is 0.597. The summed E-state index contributed by atoms with van der Waals surface area (Å²) in [4.78, 5) is 0. The highest BCUT2D eigenvalue weighted by atomic mass is 15.3. The molecule has 2 atom stereocenters. The Bertz CT molecular complexity index is 306. The molecule has 0 N–H and O–H groups in total. The molecule has 0 aliphatic carbocycles. The Labute approximate surface area is 75.0 Å². The van der Waals surface area contributed by atoms with Gasteiger partial charge in [-0.15, -0.1) is 0 Å². The number of benzene rings is 1. The van der Waals surface area contributed by atoms with Crippen molar-refractivity contribution in [3.8, 4) is 0 Å². The van der Waals surface area contributed by atoms with Crippen molar-refractivity contribution in [3.63, 3.8) is 0 Å². The van der Waals surface area contributed by atoms with Crippen molar-refractivity contribution in [1.29, 1.82) is 0 Å². The SMILES string of the molecule is [B-][N@@+]1(C)Cc2ccccc2[C@H]1C. The molecule has 0 fully saturated rings. The first-order valence-electron chi connectivity index (χ1n) is 4.33. The van der Waals surface area contributed by atoms with E-state index in [1.807, 2.05) is 0 Å². The number of quaternary nitrogens is 1. The molecule has 2 heteroatoms. The zero-order chi connectivity index (χ0) is 8.77. The standard InChI is InChI=1S/C10H13BN/c1-8-10-6-4-3-5-9(10)7-12(8,2)11/h3-6,8H,7H2,1-2H3/t8-,12+/m1/s1. The summed E-state index contributed by atoms with van der Waals surface area (Å²) in [6.45, 7) is 3.14. The molecule has 12 heavy (non-hydrogen) atoms. The highest BCUT2D eigenvalue weighted by molar-refractivity contribution is 5.97. The quantitative estimate of drug-likeness (QED) is 0.505. The first-order valence-corrected chi connectivity index (χ1v) is 4.33. The summed E-state index contributed by atoms with van der Waals surface area (Å²) in [5, 5.41) is 0. The topological polar surface area (TPSA) is 0 Å². The highest BCUT2D eigenvalue weighted by Gasteiger charge is 2.26. The molecule has 0 spiro atoms. The second-order valence-electron chi connectivity index (χ2n) is 3.88. The average molecular weight is 158 g/mol. The Balaban J connectivity index is 2.49. The van der Waals surface area contributed by atoms with E-state index in [0.29, 0.717) is 10.4 Å². The maximum atomic E-state index is 6.11. The van der Waals surface area contributed by atoms with E-state index in [2.05, 4.69) is 38.2 Å². The minimum atomic E-state index is 0.432. The first-order chi connectivity index (χ1) is 5.61. The summed E-state index contributed by atoms with van der Waals surface area (Å²) in [6, 6.07) is 8.94. The van der Waals surface area contributed by atoms with Crippen molar-refractivity contribution in [2.75, 3.05) is 7.05 Å². The summed E-state index contributed by atoms with van der Waals surface area (Å²) in [7, 11) is 8.18. The largest absolute Gasteiger partial charge is 0.581 e. The molecule has 1 nitrogen and oxygen atoms in total. The van der Waals surface area contributed by atoms with Crippen LogP contribution in [0.15, 0.2) is 24.3 Å². The second-order valence-corrected chi connectivity index (χ2v) is 3.88. The maximum absolute atomic E-state index is 6.11. The lowest BCUT2D eigenvalue weighted by molar-refractivity contribution is -0.833. The molecule has 0 bridgehead atoms. The third-order valence-electron chi connectivity index (χ3n) is 2.90. The Hall–Kier alpha value is -0.755. The predicted molar refractivity (Wildman–Crippen MR) is 50.5 cm³/mol. The van der Waals surface area contributed by atoms with Gasteiger partial charge < -0.3 is 4.39 Å². The zero-order valence-corrected chi connectivity index (χ0v) is 7.62. The fourth-order valence-electron chi connectivity index (χ4n) is 1.91. The molecule has 1 aromatic rings. The number of hydrogen-bond donors (Lipinski definition) is 0. The fourth-order valence-corrected chi connectivity index (χ4v) is 1.91. The normalized spacial score (nSPS) is 33.4. The van der Waals surface area contributed by atoms with E-state index < -0.39 is 0 Å². The van der Waals surface area contributed by atoms with Gasteiger partial charge in [0.15, 0.2) is 0 Å². The summed E-state index contributed by atoms with van der Waals surface area (Å²) in [5.41, 5.74) is 2.80. The van der Waals surface area contributed by atoms with E-state index in [1.54, 1.807) is 0 Å². The molecular formula is C10H13BN. The Morgan fingerprint density at radius 1 is 1.42 bits per heavy atom. The van der Waals surface area contributed by atoms with Crippen molar-refractivity contribution in [2.24, 2.45) is 0 Å². The van der Waals surface area contributed by atoms with Crippen molar-refractivity contribution in [3.05, 3.63) is 35.4 Å². The van der Waals surface area contributed by atoms with Crippen LogP contribution in [0.25, 0.3) is 0 Å². The van der Waals surface area contributed by atoms with E-state index in [9.17, 15) is 0 Å². The van der Waals surface area contributed by atoms with Gasteiger partial charge in [-0.3, -0.25) is 0 Å². The van der Waals surface area contributed by atoms with E-state index in [1.165, 1.54) is 11.1 Å². The van der Waals surface area contributed by atoms with Crippen molar-refractivity contribution >= 4 is 7.98 Å². The first kappa shape index (κ1) is 7.87. The highest BCUT2D eigenvalue weighted by Crippen LogP contribution is 2.35. The van der Waals surface area contributed by atoms with Crippen LogP contribution in [0.2, 0.25) is 0 Å². The van der Waals surface area contributed by atoms with Gasteiger partial charge in [-0.2, -0.15) is 0 Å². The van der Waals surface area contributed by atoms with Crippen LogP contribution in [0.4, 0.5) is 0 Å². The van der Waals surface area contributed by atoms with Gasteiger partial charge in [0.25, 0.3) is 0 Å². The third-order valence-corrected chi connectivity index (χ3v) is 2.90. The Morgan fingerprint density at radius 3 is 2.75 bits per heavy atom. The van der Waals surface area contributed by atoms with Gasteiger partial charge in [0.05, 0.1) is 12.6 Å². The third kappa shape index (κ3) is 0.986. The minimum absolute atomic E-state index is 0.432. The lowest BCUT2D eigenvalue weighted by Gasteiger charge is -2.46. The van der Waals surface area contributed by atoms with Gasteiger partial charge in [-0.1, -0.05) is 24.3 Å². The molecule has 3 radical (unpaired) electrons. The lowest BCUT2D eigenvalue weighted by atomic mass is 10.1. The molecule has 1 aromatic carbocycles. The molecule has 2 rings (SSSR count). The van der Waals surface area contributed by atoms with Gasteiger partial charge in [0.1, 0.15) is 0 Å². The van der Waals surface area contributed by atoms with Crippen molar-refractivity contribution < 1.29 is 4.39 Å². The molecule has 61 valence electrons. The monoisotopic (exact) mass is 158 g/mol. The Morgan fingerprint density at radius 2 is 2.08 bits per heavy atom. The molecule has 1 aliphatic rings. The van der Waals surface area contributed by atoms with Gasteiger partial charge in [-0.25, -0.2) is 7.98 Å². The van der Waals surface area contributed by atoms with Crippen LogP contribution >= 0.6 is 0 Å². The van der Waals surface area contributed by atoms with Crippen LogP contribution in [0.5, 0.6) is 0 Å². The molecule has 0 unspecified atom stereocenters. The lowest BCUT2D eigenvalue weighted by Crippen LogP contribution is -2.37. The molecule has 0 amide bonds. The number of fused-ring (bicyclic) bond motifs is 1. The average Bonchev–Trinajstić information content (AvgIpc) is 2.24. The van der Waals surface area contributed by atoms with E-state index >= 15 is 0 Å². The van der Waals surface area contributed by atoms with E-state index in [0.717, 1.165) is 6.54 Å². The maximum Gasteiger partial charge on any atom is 0.0660 e. The van der Waals surface area contributed by atoms with Crippen LogP contribution < -0.4 is 0 Å². The fraction of sp³-hybridized carbons (Fsp3) is 0.400. The summed E-state index contributed by atoms with van der Waals surface area (Å²) >= 11 is 0. The summed E-state index contributed by atoms with van der Waals surface area (Å²) in [5.74, 6) is 0. The Kier molecular flexibility index (Phi) is 1.55. The van der Waals surface area contributed by atoms with Crippen LogP contribution in [0, 0.1) is 0 Å². The van der Waals surface area contributed by atoms with Crippen LogP contribution in [-0.2, 0) is 6.54 Å². The van der Waals surface area contributed by atoms with Crippen LogP contribution in [0.1, 0.15) is 24.1 Å². The van der Waals surface area contributed by atoms with E-state index in [4.69, 9.17) is 7.98 Å². The molecule has 1 aliphatic heterocycles. The van der Waals surface area contributed by atoms with Crippen molar-refractivity contribution in [2.45, 2.75) is 19.5 Å². The number of hydrogen-bond acceptors (Lipinski definition) is 0. The number of rotatable bonds is 0. The predicted octanol–water partition coefficient (Wildman–Crippen LogP) is 1.79. The molecule has 0 saturated carbocycles. The van der Waals surface area contributed by atoms with Gasteiger partial charge >= 0.3 is 0 Å². The van der Waals surface area contributed by atoms with E-state index in [-0.39, 0.29) is 0 Å². The van der Waals surface area contributed by atoms with Gasteiger partial charge in [0.2, 0.25) is 0 Å². The molecular weight excluding hydrogens is 145 g/mol. The molecule has 0 saturated heterocycles. The summed E-state index contributed by atoms with van der Waals surface area (Å²) in [6.07, 6.45) is 0. The zero-order valence-electron chi connectivity index (χ0n) is 7.62. The van der Waals surface area contributed by atoms with Crippen molar-refractivity contribution in [1.82, 2.24) is 0 Å². The van der Waals surface area contributed by atoms with Crippen LogP contribution in [-0.4, -0.2) is 19.4 Å². The number of nitrogens with zero attached hydrogens (tertiary/aromatic N) is 1. The van der Waals surface area contributed by atoms with Gasteiger partial charge in [0, 0.05) is 18.2 Å². The minimum Gasteiger partial charge on any atom is -0.581 e. The second kappa shape index (κ2) is 2.36. The molecule has 0 aromatic heterocycles.